The zero-order chi connectivity index (χ0) is 14.7. The van der Waals surface area contributed by atoms with Crippen LogP contribution in [0.3, 0.4) is 0 Å². The van der Waals surface area contributed by atoms with Gasteiger partial charge in [-0.1, -0.05) is 6.42 Å². The van der Waals surface area contributed by atoms with E-state index in [-0.39, 0.29) is 23.8 Å². The predicted molar refractivity (Wildman–Crippen MR) is 75.1 cm³/mol. The molecule has 1 aliphatic carbocycles. The van der Waals surface area contributed by atoms with Gasteiger partial charge in [0.25, 0.3) is 0 Å². The van der Waals surface area contributed by atoms with Crippen LogP contribution in [0.4, 0.5) is 0 Å². The molecule has 0 saturated heterocycles. The van der Waals surface area contributed by atoms with Gasteiger partial charge in [-0.15, -0.1) is 0 Å². The molecule has 1 aromatic rings. The van der Waals surface area contributed by atoms with Crippen molar-refractivity contribution in [2.75, 3.05) is 0 Å². The Labute approximate surface area is 119 Å². The first-order chi connectivity index (χ1) is 9.47. The largest absolute Gasteiger partial charge is 0.481 e. The fraction of sp³-hybridized carbons (Fsp3) is 0.600. The van der Waals surface area contributed by atoms with Crippen molar-refractivity contribution >= 4 is 11.9 Å². The molecule has 20 heavy (non-hydrogen) atoms. The van der Waals surface area contributed by atoms with Gasteiger partial charge in [-0.2, -0.15) is 0 Å². The average Bonchev–Trinajstić information content (AvgIpc) is 2.85. The molecule has 1 saturated carbocycles. The van der Waals surface area contributed by atoms with Crippen LogP contribution in [0.1, 0.15) is 44.2 Å². The molecule has 1 aromatic heterocycles. The van der Waals surface area contributed by atoms with Gasteiger partial charge < -0.3 is 15.0 Å². The van der Waals surface area contributed by atoms with Crippen molar-refractivity contribution in [1.82, 2.24) is 9.88 Å². The molecule has 2 rings (SSSR count). The van der Waals surface area contributed by atoms with Gasteiger partial charge in [0, 0.05) is 25.4 Å². The highest BCUT2D eigenvalue weighted by Crippen LogP contribution is 2.29. The smallest absolute Gasteiger partial charge is 0.306 e. The molecule has 1 fully saturated rings. The van der Waals surface area contributed by atoms with E-state index in [0.717, 1.165) is 18.4 Å². The Morgan fingerprint density at radius 3 is 2.70 bits per heavy atom. The van der Waals surface area contributed by atoms with Gasteiger partial charge >= 0.3 is 5.97 Å². The van der Waals surface area contributed by atoms with Gasteiger partial charge in [0.2, 0.25) is 5.91 Å². The van der Waals surface area contributed by atoms with E-state index in [0.29, 0.717) is 12.8 Å². The van der Waals surface area contributed by atoms with Gasteiger partial charge in [-0.05, 0) is 37.8 Å². The second-order valence-electron chi connectivity index (χ2n) is 5.74. The van der Waals surface area contributed by atoms with Crippen LogP contribution in [0.25, 0.3) is 0 Å². The number of nitrogens with zero attached hydrogens (tertiary/aromatic N) is 1. The number of carboxylic acids is 1. The fourth-order valence-electron chi connectivity index (χ4n) is 2.85. The van der Waals surface area contributed by atoms with Crippen molar-refractivity contribution in [1.29, 1.82) is 0 Å². The van der Waals surface area contributed by atoms with E-state index in [1.54, 1.807) is 0 Å². The average molecular weight is 278 g/mol. The zero-order valence-corrected chi connectivity index (χ0v) is 12.0. The minimum atomic E-state index is -0.779. The number of hydrogen-bond donors (Lipinski definition) is 2. The Morgan fingerprint density at radius 1 is 1.40 bits per heavy atom. The van der Waals surface area contributed by atoms with Crippen LogP contribution in [0.5, 0.6) is 0 Å². The number of nitrogens with one attached hydrogen (secondary N) is 1. The number of rotatable bonds is 4. The maximum atomic E-state index is 12.2. The van der Waals surface area contributed by atoms with E-state index in [9.17, 15) is 9.59 Å². The standard InChI is InChI=1S/C15H22N2O3/c1-10(13-6-7-17(2)9-13)16-14(18)11-4-3-5-12(8-11)15(19)20/h6-7,9-12H,3-5,8H2,1-2H3,(H,16,18)(H,19,20)/t10?,11-,12+/m1/s1. The minimum absolute atomic E-state index is 0.0210. The molecule has 0 radical (unpaired) electrons. The van der Waals surface area contributed by atoms with Crippen molar-refractivity contribution in [2.24, 2.45) is 18.9 Å². The number of carbonyl (C=O) groups excluding carboxylic acids is 1. The fourth-order valence-corrected chi connectivity index (χ4v) is 2.85. The van der Waals surface area contributed by atoms with Crippen LogP contribution in [-0.4, -0.2) is 21.6 Å². The van der Waals surface area contributed by atoms with Gasteiger partial charge in [-0.3, -0.25) is 9.59 Å². The molecule has 0 aliphatic heterocycles. The molecule has 1 unspecified atom stereocenters. The van der Waals surface area contributed by atoms with Gasteiger partial charge in [0.05, 0.1) is 12.0 Å². The van der Waals surface area contributed by atoms with Crippen molar-refractivity contribution in [2.45, 2.75) is 38.6 Å². The van der Waals surface area contributed by atoms with Crippen molar-refractivity contribution in [3.8, 4) is 0 Å². The molecule has 1 amide bonds. The molecule has 1 heterocycles. The Hall–Kier alpha value is -1.78. The molecule has 5 nitrogen and oxygen atoms in total. The maximum Gasteiger partial charge on any atom is 0.306 e. The van der Waals surface area contributed by atoms with Crippen molar-refractivity contribution in [3.63, 3.8) is 0 Å². The number of amides is 1. The molecule has 0 aromatic carbocycles. The summed E-state index contributed by atoms with van der Waals surface area (Å²) in [5.41, 5.74) is 1.06. The third kappa shape index (κ3) is 3.40. The third-order valence-electron chi connectivity index (χ3n) is 4.11. The number of aryl methyl sites for hydroxylation is 1. The minimum Gasteiger partial charge on any atom is -0.481 e. The highest BCUT2D eigenvalue weighted by atomic mass is 16.4. The van der Waals surface area contributed by atoms with Gasteiger partial charge in [-0.25, -0.2) is 0 Å². The summed E-state index contributed by atoms with van der Waals surface area (Å²) in [6, 6.07) is 1.93. The van der Waals surface area contributed by atoms with Crippen LogP contribution >= 0.6 is 0 Å². The van der Waals surface area contributed by atoms with E-state index >= 15 is 0 Å². The van der Waals surface area contributed by atoms with E-state index in [2.05, 4.69) is 5.32 Å². The second-order valence-corrected chi connectivity index (χ2v) is 5.74. The van der Waals surface area contributed by atoms with Gasteiger partial charge in [0.15, 0.2) is 0 Å². The SMILES string of the molecule is CC(NC(=O)[C@@H]1CCC[C@H](C(=O)O)C1)c1ccn(C)c1. The number of carbonyl (C=O) groups is 2. The summed E-state index contributed by atoms with van der Waals surface area (Å²) in [5.74, 6) is -1.34. The number of carboxylic acid groups (broad SMARTS) is 1. The predicted octanol–water partition coefficient (Wildman–Crippen LogP) is 2.09. The number of aromatic nitrogens is 1. The molecule has 0 bridgehead atoms. The summed E-state index contributed by atoms with van der Waals surface area (Å²) in [6.07, 6.45) is 6.67. The molecule has 5 heteroatoms. The summed E-state index contributed by atoms with van der Waals surface area (Å²) in [5, 5.41) is 12.1. The number of hydrogen-bond acceptors (Lipinski definition) is 2. The van der Waals surface area contributed by atoms with E-state index in [1.807, 2.05) is 37.0 Å². The zero-order valence-electron chi connectivity index (χ0n) is 12.0. The molecule has 0 spiro atoms. The molecule has 110 valence electrons. The Balaban J connectivity index is 1.92. The van der Waals surface area contributed by atoms with Crippen LogP contribution < -0.4 is 5.32 Å². The highest BCUT2D eigenvalue weighted by molar-refractivity contribution is 5.80. The lowest BCUT2D eigenvalue weighted by atomic mass is 9.81. The van der Waals surface area contributed by atoms with E-state index in [1.165, 1.54) is 0 Å². The molecule has 3 atom stereocenters. The topological polar surface area (TPSA) is 71.3 Å². The summed E-state index contributed by atoms with van der Waals surface area (Å²) in [4.78, 5) is 23.3. The van der Waals surface area contributed by atoms with Crippen molar-refractivity contribution in [3.05, 3.63) is 24.0 Å². The second kappa shape index (κ2) is 6.11. The number of aliphatic carboxylic acids is 1. The van der Waals surface area contributed by atoms with Crippen LogP contribution in [0, 0.1) is 11.8 Å². The maximum absolute atomic E-state index is 12.2. The summed E-state index contributed by atoms with van der Waals surface area (Å²) >= 11 is 0. The summed E-state index contributed by atoms with van der Waals surface area (Å²) in [6.45, 7) is 1.95. The van der Waals surface area contributed by atoms with E-state index in [4.69, 9.17) is 5.11 Å². The lowest BCUT2D eigenvalue weighted by Crippen LogP contribution is -2.36. The summed E-state index contributed by atoms with van der Waals surface area (Å²) in [7, 11) is 1.94. The lowest BCUT2D eigenvalue weighted by Gasteiger charge is -2.27. The Kier molecular flexibility index (Phi) is 4.47. The Bertz CT molecular complexity index is 495. The van der Waals surface area contributed by atoms with E-state index < -0.39 is 5.97 Å². The van der Waals surface area contributed by atoms with Crippen molar-refractivity contribution < 1.29 is 14.7 Å². The quantitative estimate of drug-likeness (QED) is 0.886. The van der Waals surface area contributed by atoms with Crippen LogP contribution in [-0.2, 0) is 16.6 Å². The highest BCUT2D eigenvalue weighted by Gasteiger charge is 2.31. The normalized spacial score (nSPS) is 24.1. The van der Waals surface area contributed by atoms with Gasteiger partial charge in [0.1, 0.15) is 0 Å². The first-order valence-corrected chi connectivity index (χ1v) is 7.12. The molecular weight excluding hydrogens is 256 g/mol. The van der Waals surface area contributed by atoms with Crippen LogP contribution in [0.15, 0.2) is 18.5 Å². The molecule has 1 aliphatic rings. The van der Waals surface area contributed by atoms with Crippen LogP contribution in [0.2, 0.25) is 0 Å². The monoisotopic (exact) mass is 278 g/mol. The lowest BCUT2D eigenvalue weighted by molar-refractivity contribution is -0.144. The molecule has 2 N–H and O–H groups in total. The Morgan fingerprint density at radius 2 is 2.10 bits per heavy atom. The third-order valence-corrected chi connectivity index (χ3v) is 4.11. The summed E-state index contributed by atoms with van der Waals surface area (Å²) < 4.78 is 1.94. The molecular formula is C15H22N2O3. The first-order valence-electron chi connectivity index (χ1n) is 7.12. The first kappa shape index (κ1) is 14.6.